The molecule has 1 N–H and O–H groups in total. The lowest BCUT2D eigenvalue weighted by Crippen LogP contribution is -2.59. The minimum atomic E-state index is -2.01. The second-order valence-corrected chi connectivity index (χ2v) is 18.5. The van der Waals surface area contributed by atoms with Gasteiger partial charge in [-0.3, -0.25) is 15.0 Å². The molecule has 0 bridgehead atoms. The number of nitrogens with one attached hydrogen (secondary N) is 1. The summed E-state index contributed by atoms with van der Waals surface area (Å²) in [6.07, 6.45) is 0. The van der Waals surface area contributed by atoms with Gasteiger partial charge in [0, 0.05) is 19.6 Å². The van der Waals surface area contributed by atoms with Crippen LogP contribution in [0.1, 0.15) is 55.1 Å². The Bertz CT molecular complexity index is 1400. The van der Waals surface area contributed by atoms with E-state index in [0.717, 1.165) is 17.7 Å². The first-order valence-corrected chi connectivity index (χ1v) is 19.2. The number of amides is 1. The Hall–Kier alpha value is -3.55. The van der Waals surface area contributed by atoms with E-state index >= 15 is 0 Å². The van der Waals surface area contributed by atoms with Gasteiger partial charge in [0.2, 0.25) is 5.91 Å². The van der Waals surface area contributed by atoms with Crippen molar-refractivity contribution in [3.8, 4) is 0 Å². The predicted molar refractivity (Wildman–Crippen MR) is 188 cm³/mol. The third-order valence-corrected chi connectivity index (χ3v) is 14.1. The first kappa shape index (κ1) is 32.8. The van der Waals surface area contributed by atoms with E-state index in [1.165, 1.54) is 11.1 Å². The minimum absolute atomic E-state index is 0.0567. The van der Waals surface area contributed by atoms with E-state index in [-0.39, 0.29) is 35.6 Å². The van der Waals surface area contributed by atoms with Crippen molar-refractivity contribution in [1.82, 2.24) is 15.1 Å². The van der Waals surface area contributed by atoms with E-state index in [2.05, 4.69) is 153 Å². The minimum Gasteiger partial charge on any atom is -0.415 e. The van der Waals surface area contributed by atoms with Gasteiger partial charge in [-0.2, -0.15) is 0 Å². The van der Waals surface area contributed by atoms with Gasteiger partial charge in [-0.1, -0.05) is 142 Å². The lowest BCUT2D eigenvalue weighted by atomic mass is 9.94. The van der Waals surface area contributed by atoms with Crippen LogP contribution in [0.25, 0.3) is 0 Å². The quantitative estimate of drug-likeness (QED) is 0.175. The van der Waals surface area contributed by atoms with Crippen molar-refractivity contribution in [2.45, 2.75) is 57.0 Å². The summed E-state index contributed by atoms with van der Waals surface area (Å²) in [7, 11) is -2.01. The van der Waals surface area contributed by atoms with Gasteiger partial charge in [-0.15, -0.1) is 0 Å². The predicted octanol–water partition coefficient (Wildman–Crippen LogP) is 7.69. The van der Waals surface area contributed by atoms with Crippen LogP contribution in [-0.2, 0) is 9.22 Å². The van der Waals surface area contributed by atoms with Gasteiger partial charge in [0.1, 0.15) is 0 Å². The number of rotatable bonds is 11. The number of hydrogen-bond acceptors (Lipinski definition) is 4. The fourth-order valence-corrected chi connectivity index (χ4v) is 7.01. The molecule has 1 amide bonds. The van der Waals surface area contributed by atoms with Crippen LogP contribution in [0.5, 0.6) is 0 Å². The van der Waals surface area contributed by atoms with Gasteiger partial charge >= 0.3 is 0 Å². The summed E-state index contributed by atoms with van der Waals surface area (Å²) in [5.41, 5.74) is 4.82. The molecule has 0 saturated carbocycles. The molecule has 0 radical (unpaired) electrons. The fourth-order valence-electron chi connectivity index (χ4n) is 5.97. The zero-order valence-electron chi connectivity index (χ0n) is 27.5. The molecule has 1 heterocycles. The highest BCUT2D eigenvalue weighted by Crippen LogP contribution is 2.38. The number of carbonyl (C=O) groups excluding carboxylic acids is 1. The Labute approximate surface area is 271 Å². The summed E-state index contributed by atoms with van der Waals surface area (Å²) in [5, 5.41) is 3.70. The van der Waals surface area contributed by atoms with Crippen LogP contribution in [0.3, 0.4) is 0 Å². The van der Waals surface area contributed by atoms with Gasteiger partial charge in [-0.05, 0) is 40.4 Å². The number of nitrogens with zero attached hydrogens (tertiary/aromatic N) is 2. The van der Waals surface area contributed by atoms with Gasteiger partial charge in [0.05, 0.1) is 31.3 Å². The largest absolute Gasteiger partial charge is 0.415 e. The zero-order chi connectivity index (χ0) is 31.9. The van der Waals surface area contributed by atoms with Crippen LogP contribution in [0.4, 0.5) is 0 Å². The Kier molecular flexibility index (Phi) is 10.7. The molecule has 6 heteroatoms. The van der Waals surface area contributed by atoms with Crippen molar-refractivity contribution in [2.75, 3.05) is 32.8 Å². The summed E-state index contributed by atoms with van der Waals surface area (Å²) in [6, 6.07) is 42.3. The van der Waals surface area contributed by atoms with Crippen LogP contribution in [0.2, 0.25) is 18.1 Å². The molecule has 1 fully saturated rings. The van der Waals surface area contributed by atoms with Crippen molar-refractivity contribution in [1.29, 1.82) is 0 Å². The summed E-state index contributed by atoms with van der Waals surface area (Å²) in [6.45, 7) is 14.4. The molecule has 4 aromatic rings. The van der Waals surface area contributed by atoms with Crippen molar-refractivity contribution in [3.63, 3.8) is 0 Å². The highest BCUT2D eigenvalue weighted by atomic mass is 28.4. The second kappa shape index (κ2) is 14.7. The number of benzene rings is 4. The molecular formula is C39H49N3O2Si. The zero-order valence-corrected chi connectivity index (χ0v) is 28.5. The van der Waals surface area contributed by atoms with E-state index in [1.807, 2.05) is 17.0 Å². The van der Waals surface area contributed by atoms with Gasteiger partial charge in [-0.25, -0.2) is 0 Å². The lowest BCUT2D eigenvalue weighted by molar-refractivity contribution is -0.134. The Morgan fingerprint density at radius 3 is 1.64 bits per heavy atom. The molecule has 0 spiro atoms. The highest BCUT2D eigenvalue weighted by molar-refractivity contribution is 6.74. The van der Waals surface area contributed by atoms with Crippen LogP contribution < -0.4 is 5.32 Å². The molecule has 1 aliphatic rings. The van der Waals surface area contributed by atoms with Crippen LogP contribution in [-0.4, -0.2) is 62.9 Å². The maximum atomic E-state index is 13.9. The molecule has 1 saturated heterocycles. The van der Waals surface area contributed by atoms with Gasteiger partial charge < -0.3 is 9.33 Å². The third-order valence-electron chi connectivity index (χ3n) is 9.61. The molecule has 236 valence electrons. The molecule has 1 aliphatic heterocycles. The third kappa shape index (κ3) is 8.19. The number of hydrogen-bond donors (Lipinski definition) is 1. The van der Waals surface area contributed by atoms with Crippen LogP contribution >= 0.6 is 0 Å². The van der Waals surface area contributed by atoms with Crippen LogP contribution in [0, 0.1) is 0 Å². The lowest BCUT2D eigenvalue weighted by Gasteiger charge is -2.47. The van der Waals surface area contributed by atoms with E-state index in [0.29, 0.717) is 19.7 Å². The number of carbonyl (C=O) groups is 1. The Morgan fingerprint density at radius 1 is 0.756 bits per heavy atom. The topological polar surface area (TPSA) is 44.8 Å². The van der Waals surface area contributed by atoms with E-state index in [1.54, 1.807) is 0 Å². The molecule has 4 aromatic carbocycles. The molecule has 1 atom stereocenters. The molecule has 5 nitrogen and oxygen atoms in total. The summed E-state index contributed by atoms with van der Waals surface area (Å²) in [4.78, 5) is 18.5. The van der Waals surface area contributed by atoms with E-state index < -0.39 is 8.32 Å². The maximum absolute atomic E-state index is 13.9. The van der Waals surface area contributed by atoms with E-state index in [4.69, 9.17) is 4.43 Å². The van der Waals surface area contributed by atoms with E-state index in [9.17, 15) is 4.79 Å². The standard InChI is InChI=1S/C39H49N3O2Si/c1-39(2,3)45(4,5)44-30-35-29-41(26-27-42(35)38(33-22-14-8-15-23-33)34-24-16-9-17-25-34)36(43)28-40-37(31-18-10-6-11-19-31)32-20-12-7-13-21-32/h6-25,35,37-38,40H,26-30H2,1-5H3. The Balaban J connectivity index is 1.38. The first-order chi connectivity index (χ1) is 21.6. The molecule has 1 unspecified atom stereocenters. The normalized spacial score (nSPS) is 16.3. The molecule has 5 rings (SSSR count). The van der Waals surface area contributed by atoms with Crippen LogP contribution in [0.15, 0.2) is 121 Å². The summed E-state index contributed by atoms with van der Waals surface area (Å²) < 4.78 is 6.87. The Morgan fingerprint density at radius 2 is 1.20 bits per heavy atom. The number of piperazine rings is 1. The highest BCUT2D eigenvalue weighted by Gasteiger charge is 2.40. The monoisotopic (exact) mass is 619 g/mol. The first-order valence-electron chi connectivity index (χ1n) is 16.2. The van der Waals surface area contributed by atoms with Crippen molar-refractivity contribution >= 4 is 14.2 Å². The fraction of sp³-hybridized carbons (Fsp3) is 0.359. The maximum Gasteiger partial charge on any atom is 0.236 e. The smallest absolute Gasteiger partial charge is 0.236 e. The van der Waals surface area contributed by atoms with Gasteiger partial charge in [0.15, 0.2) is 8.32 Å². The molecule has 0 aromatic heterocycles. The average Bonchev–Trinajstić information content (AvgIpc) is 3.06. The average molecular weight is 620 g/mol. The van der Waals surface area contributed by atoms with Crippen molar-refractivity contribution < 1.29 is 9.22 Å². The van der Waals surface area contributed by atoms with Crippen molar-refractivity contribution in [3.05, 3.63) is 144 Å². The second-order valence-electron chi connectivity index (χ2n) is 13.7. The summed E-state index contributed by atoms with van der Waals surface area (Å²) in [5.74, 6) is 0.125. The van der Waals surface area contributed by atoms with Gasteiger partial charge in [0.25, 0.3) is 0 Å². The molecule has 45 heavy (non-hydrogen) atoms. The van der Waals surface area contributed by atoms with Crippen molar-refractivity contribution in [2.24, 2.45) is 0 Å². The molecular weight excluding hydrogens is 571 g/mol. The SMILES string of the molecule is CC(C)(C)[Si](C)(C)OCC1CN(C(=O)CNC(c2ccccc2)c2ccccc2)CCN1C(c1ccccc1)c1ccccc1. The summed E-state index contributed by atoms with van der Waals surface area (Å²) >= 11 is 0. The molecule has 0 aliphatic carbocycles.